The number of oxazole rings is 1. The van der Waals surface area contributed by atoms with E-state index in [-0.39, 0.29) is 24.4 Å². The van der Waals surface area contributed by atoms with Crippen molar-refractivity contribution in [3.8, 4) is 11.5 Å². The number of carbonyl (C=O) groups excluding carboxylic acids is 1. The van der Waals surface area contributed by atoms with Gasteiger partial charge in [-0.3, -0.25) is 4.79 Å². The largest absolute Gasteiger partial charge is 0.441 e. The van der Waals surface area contributed by atoms with Gasteiger partial charge in [0.15, 0.2) is 0 Å². The Hall–Kier alpha value is -1.85. The average molecular weight is 308 g/mol. The van der Waals surface area contributed by atoms with Crippen LogP contribution in [0, 0.1) is 6.92 Å². The molecule has 1 aromatic heterocycles. The lowest BCUT2D eigenvalue weighted by molar-refractivity contribution is -0.117. The van der Waals surface area contributed by atoms with E-state index in [1.165, 1.54) is 0 Å². The van der Waals surface area contributed by atoms with Crippen molar-refractivity contribution in [1.29, 1.82) is 0 Å². The fourth-order valence-electron chi connectivity index (χ4n) is 2.36. The van der Waals surface area contributed by atoms with Crippen molar-refractivity contribution in [3.05, 3.63) is 36.2 Å². The third kappa shape index (κ3) is 3.62. The first-order chi connectivity index (χ1) is 9.72. The molecule has 1 fully saturated rings. The van der Waals surface area contributed by atoms with Crippen LogP contribution in [0.25, 0.3) is 11.5 Å². The predicted molar refractivity (Wildman–Crippen MR) is 83.6 cm³/mol. The normalized spacial score (nSPS) is 17.3. The van der Waals surface area contributed by atoms with Crippen LogP contribution in [0.5, 0.6) is 0 Å². The van der Waals surface area contributed by atoms with E-state index < -0.39 is 0 Å². The van der Waals surface area contributed by atoms with E-state index in [9.17, 15) is 4.79 Å². The van der Waals surface area contributed by atoms with Crippen LogP contribution in [0.3, 0.4) is 0 Å². The molecule has 1 aromatic carbocycles. The molecule has 1 atom stereocenters. The second kappa shape index (κ2) is 6.74. The van der Waals surface area contributed by atoms with E-state index in [0.29, 0.717) is 5.89 Å². The molecule has 1 amide bonds. The Labute approximate surface area is 129 Å². The molecular formula is C15H18ClN3O2. The molecule has 3 rings (SSSR count). The number of carbonyl (C=O) groups is 1. The minimum atomic E-state index is -0.0809. The van der Waals surface area contributed by atoms with Gasteiger partial charge in [-0.05, 0) is 44.5 Å². The number of aryl methyl sites for hydroxylation is 1. The van der Waals surface area contributed by atoms with Gasteiger partial charge >= 0.3 is 0 Å². The molecule has 21 heavy (non-hydrogen) atoms. The Morgan fingerprint density at radius 1 is 1.48 bits per heavy atom. The zero-order valence-corrected chi connectivity index (χ0v) is 12.6. The van der Waals surface area contributed by atoms with Crippen molar-refractivity contribution in [2.45, 2.75) is 25.8 Å². The van der Waals surface area contributed by atoms with Gasteiger partial charge in [-0.15, -0.1) is 12.4 Å². The molecule has 0 saturated carbocycles. The predicted octanol–water partition coefficient (Wildman–Crippen LogP) is 2.76. The van der Waals surface area contributed by atoms with E-state index in [2.05, 4.69) is 15.6 Å². The number of amides is 1. The van der Waals surface area contributed by atoms with E-state index in [0.717, 1.165) is 36.4 Å². The number of hydrogen-bond donors (Lipinski definition) is 2. The Bertz CT molecular complexity index is 621. The SMILES string of the molecule is Cc1cnc(-c2cccc(NC(=O)C3CCCN3)c2)o1.Cl. The van der Waals surface area contributed by atoms with Crippen LogP contribution >= 0.6 is 12.4 Å². The maximum Gasteiger partial charge on any atom is 0.241 e. The molecule has 1 aliphatic heterocycles. The zero-order valence-electron chi connectivity index (χ0n) is 11.8. The lowest BCUT2D eigenvalue weighted by Gasteiger charge is -2.11. The first-order valence-electron chi connectivity index (χ1n) is 6.79. The van der Waals surface area contributed by atoms with Gasteiger partial charge in [0.25, 0.3) is 0 Å². The summed E-state index contributed by atoms with van der Waals surface area (Å²) in [6.45, 7) is 2.77. The highest BCUT2D eigenvalue weighted by Crippen LogP contribution is 2.22. The number of aromatic nitrogens is 1. The number of rotatable bonds is 3. The molecule has 0 aliphatic carbocycles. The number of nitrogens with one attached hydrogen (secondary N) is 2. The van der Waals surface area contributed by atoms with Crippen LogP contribution in [-0.2, 0) is 4.79 Å². The van der Waals surface area contributed by atoms with Crippen molar-refractivity contribution < 1.29 is 9.21 Å². The topological polar surface area (TPSA) is 67.2 Å². The van der Waals surface area contributed by atoms with Gasteiger partial charge < -0.3 is 15.1 Å². The van der Waals surface area contributed by atoms with Crippen molar-refractivity contribution in [2.75, 3.05) is 11.9 Å². The van der Waals surface area contributed by atoms with Crippen molar-refractivity contribution in [1.82, 2.24) is 10.3 Å². The van der Waals surface area contributed by atoms with Gasteiger partial charge in [0.05, 0.1) is 12.2 Å². The first kappa shape index (κ1) is 15.5. The Morgan fingerprint density at radius 3 is 3.00 bits per heavy atom. The van der Waals surface area contributed by atoms with E-state index in [1.807, 2.05) is 31.2 Å². The highest BCUT2D eigenvalue weighted by Gasteiger charge is 2.21. The number of nitrogens with zero attached hydrogens (tertiary/aromatic N) is 1. The minimum absolute atomic E-state index is 0. The lowest BCUT2D eigenvalue weighted by Crippen LogP contribution is -2.35. The number of halogens is 1. The summed E-state index contributed by atoms with van der Waals surface area (Å²) in [5.41, 5.74) is 1.62. The maximum atomic E-state index is 12.1. The van der Waals surface area contributed by atoms with Gasteiger partial charge in [0.1, 0.15) is 5.76 Å². The summed E-state index contributed by atoms with van der Waals surface area (Å²) < 4.78 is 5.49. The molecule has 1 aliphatic rings. The minimum Gasteiger partial charge on any atom is -0.441 e. The Kier molecular flexibility index (Phi) is 4.98. The van der Waals surface area contributed by atoms with Crippen molar-refractivity contribution >= 4 is 24.0 Å². The maximum absolute atomic E-state index is 12.1. The number of anilines is 1. The van der Waals surface area contributed by atoms with Gasteiger partial charge in [-0.1, -0.05) is 6.07 Å². The monoisotopic (exact) mass is 307 g/mol. The van der Waals surface area contributed by atoms with Gasteiger partial charge in [0.2, 0.25) is 11.8 Å². The molecule has 5 nitrogen and oxygen atoms in total. The molecule has 1 saturated heterocycles. The zero-order chi connectivity index (χ0) is 13.9. The van der Waals surface area contributed by atoms with E-state index >= 15 is 0 Å². The fourth-order valence-corrected chi connectivity index (χ4v) is 2.36. The molecule has 2 N–H and O–H groups in total. The summed E-state index contributed by atoms with van der Waals surface area (Å²) in [5.74, 6) is 1.35. The number of benzene rings is 1. The molecule has 2 aromatic rings. The molecule has 1 unspecified atom stereocenters. The van der Waals surface area contributed by atoms with Crippen LogP contribution in [0.1, 0.15) is 18.6 Å². The average Bonchev–Trinajstić information content (AvgIpc) is 3.10. The third-order valence-electron chi connectivity index (χ3n) is 3.38. The highest BCUT2D eigenvalue weighted by atomic mass is 35.5. The van der Waals surface area contributed by atoms with Gasteiger partial charge in [-0.2, -0.15) is 0 Å². The molecule has 0 radical (unpaired) electrons. The second-order valence-corrected chi connectivity index (χ2v) is 5.00. The molecule has 2 heterocycles. The van der Waals surface area contributed by atoms with Crippen LogP contribution in [0.15, 0.2) is 34.9 Å². The summed E-state index contributed by atoms with van der Waals surface area (Å²) in [4.78, 5) is 16.2. The van der Waals surface area contributed by atoms with Crippen molar-refractivity contribution in [3.63, 3.8) is 0 Å². The Morgan fingerprint density at radius 2 is 2.33 bits per heavy atom. The molecular weight excluding hydrogens is 290 g/mol. The van der Waals surface area contributed by atoms with Crippen molar-refractivity contribution in [2.24, 2.45) is 0 Å². The molecule has 0 bridgehead atoms. The smallest absolute Gasteiger partial charge is 0.241 e. The summed E-state index contributed by atoms with van der Waals surface area (Å²) in [7, 11) is 0. The highest BCUT2D eigenvalue weighted by molar-refractivity contribution is 5.95. The van der Waals surface area contributed by atoms with E-state index in [4.69, 9.17) is 4.42 Å². The number of hydrogen-bond acceptors (Lipinski definition) is 4. The van der Waals surface area contributed by atoms with Gasteiger partial charge in [0, 0.05) is 11.3 Å². The summed E-state index contributed by atoms with van der Waals surface area (Å²) in [6, 6.07) is 7.45. The lowest BCUT2D eigenvalue weighted by atomic mass is 10.1. The first-order valence-corrected chi connectivity index (χ1v) is 6.79. The Balaban J connectivity index is 0.00000161. The van der Waals surface area contributed by atoms with Crippen LogP contribution in [0.4, 0.5) is 5.69 Å². The third-order valence-corrected chi connectivity index (χ3v) is 3.38. The molecule has 6 heteroatoms. The van der Waals surface area contributed by atoms with Crippen LogP contribution in [-0.4, -0.2) is 23.5 Å². The standard InChI is InChI=1S/C15H17N3O2.ClH/c1-10-9-17-15(20-10)11-4-2-5-12(8-11)18-14(19)13-6-3-7-16-13;/h2,4-5,8-9,13,16H,3,6-7H2,1H3,(H,18,19);1H. The quantitative estimate of drug-likeness (QED) is 0.915. The molecule has 112 valence electrons. The van der Waals surface area contributed by atoms with Gasteiger partial charge in [-0.25, -0.2) is 4.98 Å². The summed E-state index contributed by atoms with van der Waals surface area (Å²) in [5, 5.41) is 6.11. The van der Waals surface area contributed by atoms with E-state index in [1.54, 1.807) is 6.20 Å². The van der Waals surface area contributed by atoms with Crippen LogP contribution in [0.2, 0.25) is 0 Å². The molecule has 0 spiro atoms. The summed E-state index contributed by atoms with van der Waals surface area (Å²) in [6.07, 6.45) is 3.63. The van der Waals surface area contributed by atoms with Crippen LogP contribution < -0.4 is 10.6 Å². The second-order valence-electron chi connectivity index (χ2n) is 5.00. The fraction of sp³-hybridized carbons (Fsp3) is 0.333. The summed E-state index contributed by atoms with van der Waals surface area (Å²) >= 11 is 0.